The van der Waals surface area contributed by atoms with Gasteiger partial charge in [0.25, 0.3) is 0 Å². The molecular formula is C21H31N3O2. The summed E-state index contributed by atoms with van der Waals surface area (Å²) in [6.07, 6.45) is 4.23. The first-order chi connectivity index (χ1) is 12.5. The van der Waals surface area contributed by atoms with Gasteiger partial charge in [0.2, 0.25) is 11.8 Å². The van der Waals surface area contributed by atoms with Crippen LogP contribution in [0.15, 0.2) is 24.3 Å². The first-order valence-corrected chi connectivity index (χ1v) is 9.86. The van der Waals surface area contributed by atoms with E-state index in [1.807, 2.05) is 26.0 Å². The molecule has 5 nitrogen and oxygen atoms in total. The quantitative estimate of drug-likeness (QED) is 0.848. The maximum absolute atomic E-state index is 13.1. The van der Waals surface area contributed by atoms with E-state index in [2.05, 4.69) is 17.4 Å². The number of amides is 2. The summed E-state index contributed by atoms with van der Waals surface area (Å²) >= 11 is 0. The van der Waals surface area contributed by atoms with Gasteiger partial charge in [0.05, 0.1) is 0 Å². The van der Waals surface area contributed by atoms with Gasteiger partial charge in [0.15, 0.2) is 0 Å². The number of rotatable bonds is 5. The lowest BCUT2D eigenvalue weighted by molar-refractivity contribution is -0.142. The van der Waals surface area contributed by atoms with Gasteiger partial charge in [-0.05, 0) is 42.3 Å². The van der Waals surface area contributed by atoms with Crippen LogP contribution in [0.1, 0.15) is 50.7 Å². The predicted molar refractivity (Wildman–Crippen MR) is 102 cm³/mol. The van der Waals surface area contributed by atoms with Gasteiger partial charge in [-0.15, -0.1) is 0 Å². The Morgan fingerprint density at radius 1 is 1.23 bits per heavy atom. The minimum Gasteiger partial charge on any atom is -0.351 e. The summed E-state index contributed by atoms with van der Waals surface area (Å²) in [5.74, 6) is 0.674. The summed E-state index contributed by atoms with van der Waals surface area (Å²) in [5.41, 5.74) is 8.17. The lowest BCUT2D eigenvalue weighted by Crippen LogP contribution is -2.55. The zero-order valence-corrected chi connectivity index (χ0v) is 15.9. The van der Waals surface area contributed by atoms with Crippen LogP contribution in [-0.2, 0) is 22.6 Å². The highest BCUT2D eigenvalue weighted by Crippen LogP contribution is 2.27. The summed E-state index contributed by atoms with van der Waals surface area (Å²) in [5, 5.41) is 3.21. The van der Waals surface area contributed by atoms with Crippen LogP contribution in [0.2, 0.25) is 0 Å². The van der Waals surface area contributed by atoms with E-state index >= 15 is 0 Å². The standard InChI is InChI=1S/C21H31N3O2/c1-14(2)10-20(25)24-13-17-7-4-3-6-15(17)11-19(24)21(26)23-18-9-5-8-16(18)12-22/h3-4,6-7,14,16,18-19H,5,8-13,22H2,1-2H3,(H,23,26). The van der Waals surface area contributed by atoms with Gasteiger partial charge in [0.1, 0.15) is 6.04 Å². The fourth-order valence-electron chi connectivity index (χ4n) is 4.27. The van der Waals surface area contributed by atoms with Crippen molar-refractivity contribution in [2.24, 2.45) is 17.6 Å². The van der Waals surface area contributed by atoms with Crippen molar-refractivity contribution >= 4 is 11.8 Å². The Kier molecular flexibility index (Phi) is 5.97. The molecule has 0 radical (unpaired) electrons. The van der Waals surface area contributed by atoms with Gasteiger partial charge < -0.3 is 16.0 Å². The zero-order valence-electron chi connectivity index (χ0n) is 15.9. The number of carbonyl (C=O) groups is 2. The molecule has 0 bridgehead atoms. The summed E-state index contributed by atoms with van der Waals surface area (Å²) in [7, 11) is 0. The van der Waals surface area contributed by atoms with E-state index in [-0.39, 0.29) is 23.8 Å². The van der Waals surface area contributed by atoms with Crippen molar-refractivity contribution in [1.29, 1.82) is 0 Å². The Bertz CT molecular complexity index is 658. The third kappa shape index (κ3) is 4.09. The van der Waals surface area contributed by atoms with Crippen molar-refractivity contribution in [3.63, 3.8) is 0 Å². The third-order valence-electron chi connectivity index (χ3n) is 5.74. The third-order valence-corrected chi connectivity index (χ3v) is 5.74. The molecule has 1 aliphatic heterocycles. The summed E-state index contributed by atoms with van der Waals surface area (Å²) < 4.78 is 0. The van der Waals surface area contributed by atoms with E-state index in [0.29, 0.717) is 31.8 Å². The lowest BCUT2D eigenvalue weighted by atomic mass is 9.92. The van der Waals surface area contributed by atoms with Crippen molar-refractivity contribution in [3.05, 3.63) is 35.4 Å². The average molecular weight is 357 g/mol. The molecule has 1 aromatic carbocycles. The number of fused-ring (bicyclic) bond motifs is 1. The highest BCUT2D eigenvalue weighted by molar-refractivity contribution is 5.88. The Morgan fingerprint density at radius 3 is 2.65 bits per heavy atom. The maximum atomic E-state index is 13.1. The number of benzene rings is 1. The number of hydrogen-bond donors (Lipinski definition) is 2. The molecule has 5 heteroatoms. The molecule has 0 saturated heterocycles. The summed E-state index contributed by atoms with van der Waals surface area (Å²) in [6.45, 7) is 5.20. The van der Waals surface area contributed by atoms with E-state index in [0.717, 1.165) is 24.8 Å². The second kappa shape index (κ2) is 8.21. The summed E-state index contributed by atoms with van der Waals surface area (Å²) in [6, 6.07) is 7.84. The highest BCUT2D eigenvalue weighted by Gasteiger charge is 2.37. The first-order valence-electron chi connectivity index (χ1n) is 9.86. The molecule has 1 aliphatic carbocycles. The molecule has 0 aromatic heterocycles. The number of nitrogens with one attached hydrogen (secondary N) is 1. The maximum Gasteiger partial charge on any atom is 0.243 e. The molecule has 142 valence electrons. The first kappa shape index (κ1) is 18.9. The van der Waals surface area contributed by atoms with E-state index < -0.39 is 6.04 Å². The van der Waals surface area contributed by atoms with Crippen LogP contribution < -0.4 is 11.1 Å². The molecule has 26 heavy (non-hydrogen) atoms. The van der Waals surface area contributed by atoms with E-state index in [4.69, 9.17) is 5.73 Å². The number of carbonyl (C=O) groups excluding carboxylic acids is 2. The Morgan fingerprint density at radius 2 is 1.96 bits per heavy atom. The molecule has 3 atom stereocenters. The molecule has 3 unspecified atom stereocenters. The van der Waals surface area contributed by atoms with Gasteiger partial charge in [-0.2, -0.15) is 0 Å². The molecule has 2 aliphatic rings. The van der Waals surface area contributed by atoms with E-state index in [1.165, 1.54) is 5.56 Å². The van der Waals surface area contributed by atoms with Crippen LogP contribution in [0, 0.1) is 11.8 Å². The van der Waals surface area contributed by atoms with Crippen molar-refractivity contribution in [2.75, 3.05) is 6.54 Å². The molecule has 1 heterocycles. The normalized spacial score (nSPS) is 25.2. The average Bonchev–Trinajstić information content (AvgIpc) is 3.07. The predicted octanol–water partition coefficient (Wildman–Crippen LogP) is 2.23. The molecule has 3 rings (SSSR count). The van der Waals surface area contributed by atoms with Crippen LogP contribution in [-0.4, -0.2) is 35.3 Å². The highest BCUT2D eigenvalue weighted by atomic mass is 16.2. The van der Waals surface area contributed by atoms with Crippen molar-refractivity contribution in [3.8, 4) is 0 Å². The fourth-order valence-corrected chi connectivity index (χ4v) is 4.27. The molecule has 3 N–H and O–H groups in total. The Labute approximate surface area is 156 Å². The zero-order chi connectivity index (χ0) is 18.7. The van der Waals surface area contributed by atoms with E-state index in [1.54, 1.807) is 4.90 Å². The van der Waals surface area contributed by atoms with Gasteiger partial charge in [-0.3, -0.25) is 9.59 Å². The molecule has 0 spiro atoms. The summed E-state index contributed by atoms with van der Waals surface area (Å²) in [4.78, 5) is 27.7. The fraction of sp³-hybridized carbons (Fsp3) is 0.619. The molecule has 1 fully saturated rings. The minimum atomic E-state index is -0.421. The van der Waals surface area contributed by atoms with Crippen LogP contribution in [0.4, 0.5) is 0 Å². The Balaban J connectivity index is 1.79. The lowest BCUT2D eigenvalue weighted by Gasteiger charge is -2.37. The number of nitrogens with two attached hydrogens (primary N) is 1. The van der Waals surface area contributed by atoms with Crippen LogP contribution in [0.3, 0.4) is 0 Å². The molecular weight excluding hydrogens is 326 g/mol. The smallest absolute Gasteiger partial charge is 0.243 e. The van der Waals surface area contributed by atoms with Gasteiger partial charge in [-0.1, -0.05) is 44.5 Å². The van der Waals surface area contributed by atoms with Crippen LogP contribution >= 0.6 is 0 Å². The van der Waals surface area contributed by atoms with Gasteiger partial charge in [-0.25, -0.2) is 0 Å². The van der Waals surface area contributed by atoms with Crippen LogP contribution in [0.5, 0.6) is 0 Å². The SMILES string of the molecule is CC(C)CC(=O)N1Cc2ccccc2CC1C(=O)NC1CCCC1CN. The van der Waals surface area contributed by atoms with Crippen molar-refractivity contribution < 1.29 is 9.59 Å². The Hall–Kier alpha value is -1.88. The minimum absolute atomic E-state index is 0.0260. The van der Waals surface area contributed by atoms with Crippen molar-refractivity contribution in [2.45, 2.75) is 64.6 Å². The van der Waals surface area contributed by atoms with E-state index in [9.17, 15) is 9.59 Å². The second-order valence-electron chi connectivity index (χ2n) is 8.15. The largest absolute Gasteiger partial charge is 0.351 e. The molecule has 2 amide bonds. The van der Waals surface area contributed by atoms with Crippen molar-refractivity contribution in [1.82, 2.24) is 10.2 Å². The number of hydrogen-bond acceptors (Lipinski definition) is 3. The monoisotopic (exact) mass is 357 g/mol. The second-order valence-corrected chi connectivity index (χ2v) is 8.15. The number of nitrogens with zero attached hydrogens (tertiary/aromatic N) is 1. The van der Waals surface area contributed by atoms with Crippen LogP contribution in [0.25, 0.3) is 0 Å². The molecule has 1 saturated carbocycles. The van der Waals surface area contributed by atoms with Gasteiger partial charge in [0, 0.05) is 25.4 Å². The molecule has 1 aromatic rings. The topological polar surface area (TPSA) is 75.4 Å². The van der Waals surface area contributed by atoms with Gasteiger partial charge >= 0.3 is 0 Å².